The van der Waals surface area contributed by atoms with Crippen molar-refractivity contribution < 1.29 is 9.53 Å². The summed E-state index contributed by atoms with van der Waals surface area (Å²) in [6.45, 7) is 2.26. The normalized spacial score (nSPS) is 15.7. The Labute approximate surface area is 135 Å². The second kappa shape index (κ2) is 12.3. The van der Waals surface area contributed by atoms with Gasteiger partial charge in [-0.2, -0.15) is 0 Å². The lowest BCUT2D eigenvalue weighted by molar-refractivity contribution is -0.139. The van der Waals surface area contributed by atoms with Crippen LogP contribution < -0.4 is 0 Å². The molecule has 0 bridgehead atoms. The van der Waals surface area contributed by atoms with Gasteiger partial charge in [0.1, 0.15) is 5.71 Å². The van der Waals surface area contributed by atoms with Gasteiger partial charge in [-0.25, -0.2) is 4.79 Å². The van der Waals surface area contributed by atoms with Crippen LogP contribution in [0.4, 0.5) is 0 Å². The Morgan fingerprint density at radius 1 is 1.00 bits per heavy atom. The number of esters is 1. The lowest BCUT2D eigenvalue weighted by Gasteiger charge is -2.01. The number of hydrogen-bond donors (Lipinski definition) is 0. The van der Waals surface area contributed by atoms with Gasteiger partial charge >= 0.3 is 5.97 Å². The standard InChI is InChI=1S/C19H31NO2/c1-3-4-5-6-7-8-9-10-11-12-13-14-15-16-17-18(20-17)19(21)22-2/h18H,3-14H2,1-2H3/t18-/m1/s1. The Morgan fingerprint density at radius 2 is 1.55 bits per heavy atom. The van der Waals surface area contributed by atoms with Crippen LogP contribution in [-0.4, -0.2) is 24.8 Å². The molecular formula is C19H31NO2. The lowest BCUT2D eigenvalue weighted by Crippen LogP contribution is -2.13. The van der Waals surface area contributed by atoms with E-state index in [0.717, 1.165) is 12.8 Å². The monoisotopic (exact) mass is 305 g/mol. The minimum Gasteiger partial charge on any atom is -0.467 e. The first-order valence-corrected chi connectivity index (χ1v) is 8.94. The zero-order chi connectivity index (χ0) is 16.0. The van der Waals surface area contributed by atoms with Gasteiger partial charge in [0.2, 0.25) is 0 Å². The minimum absolute atomic E-state index is 0.293. The van der Waals surface area contributed by atoms with Crippen LogP contribution in [-0.2, 0) is 9.53 Å². The predicted molar refractivity (Wildman–Crippen MR) is 92.1 cm³/mol. The molecule has 1 heterocycles. The van der Waals surface area contributed by atoms with Gasteiger partial charge in [-0.05, 0) is 12.3 Å². The molecular weight excluding hydrogens is 274 g/mol. The molecule has 0 radical (unpaired) electrons. The average Bonchev–Trinajstić information content (AvgIpc) is 3.30. The largest absolute Gasteiger partial charge is 0.467 e. The molecule has 0 saturated carbocycles. The molecule has 0 unspecified atom stereocenters. The van der Waals surface area contributed by atoms with Gasteiger partial charge in [0, 0.05) is 6.42 Å². The third-order valence-corrected chi connectivity index (χ3v) is 4.01. The van der Waals surface area contributed by atoms with E-state index in [0.29, 0.717) is 5.71 Å². The van der Waals surface area contributed by atoms with E-state index in [9.17, 15) is 4.79 Å². The lowest BCUT2D eigenvalue weighted by atomic mass is 10.1. The highest BCUT2D eigenvalue weighted by Gasteiger charge is 2.34. The summed E-state index contributed by atoms with van der Waals surface area (Å²) in [7, 11) is 1.38. The first-order chi connectivity index (χ1) is 10.8. The zero-order valence-electron chi connectivity index (χ0n) is 14.3. The van der Waals surface area contributed by atoms with E-state index in [-0.39, 0.29) is 5.97 Å². The van der Waals surface area contributed by atoms with Crippen LogP contribution in [0.3, 0.4) is 0 Å². The molecule has 1 aliphatic rings. The maximum Gasteiger partial charge on any atom is 0.337 e. The molecule has 0 amide bonds. The molecule has 1 aliphatic heterocycles. The number of rotatable bonds is 12. The van der Waals surface area contributed by atoms with E-state index in [1.807, 2.05) is 0 Å². The van der Waals surface area contributed by atoms with E-state index < -0.39 is 6.04 Å². The summed E-state index contributed by atoms with van der Waals surface area (Å²) in [6.07, 6.45) is 15.8. The molecule has 0 saturated heterocycles. The van der Waals surface area contributed by atoms with Crippen LogP contribution in [0.15, 0.2) is 4.99 Å². The molecule has 22 heavy (non-hydrogen) atoms. The molecule has 0 fully saturated rings. The van der Waals surface area contributed by atoms with Crippen LogP contribution in [0.2, 0.25) is 0 Å². The van der Waals surface area contributed by atoms with Crippen molar-refractivity contribution in [2.24, 2.45) is 4.99 Å². The van der Waals surface area contributed by atoms with Crippen LogP contribution >= 0.6 is 0 Å². The summed E-state index contributed by atoms with van der Waals surface area (Å²) in [5.74, 6) is 5.76. The van der Waals surface area contributed by atoms with Crippen molar-refractivity contribution in [3.63, 3.8) is 0 Å². The van der Waals surface area contributed by atoms with Crippen LogP contribution in [0.1, 0.15) is 84.0 Å². The van der Waals surface area contributed by atoms with Gasteiger partial charge in [-0.1, -0.05) is 77.1 Å². The maximum atomic E-state index is 11.1. The Hall–Kier alpha value is -1.30. The molecule has 0 aromatic carbocycles. The summed E-state index contributed by atoms with van der Waals surface area (Å²) in [5.41, 5.74) is 0.690. The van der Waals surface area contributed by atoms with Gasteiger partial charge in [0.15, 0.2) is 6.04 Å². The zero-order valence-corrected chi connectivity index (χ0v) is 14.3. The molecule has 0 aliphatic carbocycles. The predicted octanol–water partition coefficient (Wildman–Crippen LogP) is 4.69. The van der Waals surface area contributed by atoms with E-state index >= 15 is 0 Å². The fraction of sp³-hybridized carbons (Fsp3) is 0.789. The molecule has 3 heteroatoms. The van der Waals surface area contributed by atoms with Crippen molar-refractivity contribution in [3.8, 4) is 11.8 Å². The Bertz CT molecular complexity index is 403. The second-order valence-corrected chi connectivity index (χ2v) is 6.03. The van der Waals surface area contributed by atoms with E-state index in [2.05, 4.69) is 28.5 Å². The SMILES string of the molecule is CCCCCCCCCCCCCC#CC1=N[C@H]1C(=O)OC. The number of carbonyl (C=O) groups excluding carboxylic acids is 1. The second-order valence-electron chi connectivity index (χ2n) is 6.03. The van der Waals surface area contributed by atoms with Gasteiger partial charge in [-0.3, -0.25) is 4.99 Å². The van der Waals surface area contributed by atoms with Crippen LogP contribution in [0, 0.1) is 11.8 Å². The van der Waals surface area contributed by atoms with Crippen LogP contribution in [0.5, 0.6) is 0 Å². The van der Waals surface area contributed by atoms with Gasteiger partial charge < -0.3 is 4.74 Å². The number of methoxy groups -OCH3 is 1. The molecule has 0 aromatic rings. The van der Waals surface area contributed by atoms with Crippen molar-refractivity contribution in [2.75, 3.05) is 7.11 Å². The molecule has 0 aromatic heterocycles. The highest BCUT2D eigenvalue weighted by molar-refractivity contribution is 6.24. The number of unbranched alkanes of at least 4 members (excludes halogenated alkanes) is 11. The van der Waals surface area contributed by atoms with E-state index in [1.54, 1.807) is 0 Å². The minimum atomic E-state index is -0.394. The molecule has 3 nitrogen and oxygen atoms in total. The fourth-order valence-electron chi connectivity index (χ4n) is 2.51. The number of hydrogen-bond acceptors (Lipinski definition) is 3. The number of ether oxygens (including phenoxy) is 1. The first-order valence-electron chi connectivity index (χ1n) is 8.94. The molecule has 1 atom stereocenters. The van der Waals surface area contributed by atoms with Gasteiger partial charge in [-0.15, -0.1) is 0 Å². The van der Waals surface area contributed by atoms with Crippen molar-refractivity contribution in [1.29, 1.82) is 0 Å². The van der Waals surface area contributed by atoms with Crippen LogP contribution in [0.25, 0.3) is 0 Å². The number of aliphatic imine (C=N–C) groups is 1. The highest BCUT2D eigenvalue weighted by atomic mass is 16.5. The van der Waals surface area contributed by atoms with Crippen molar-refractivity contribution in [2.45, 2.75) is 90.0 Å². The summed E-state index contributed by atoms with van der Waals surface area (Å²) < 4.78 is 4.60. The van der Waals surface area contributed by atoms with Crippen molar-refractivity contribution in [1.82, 2.24) is 0 Å². The third kappa shape index (κ3) is 8.87. The van der Waals surface area contributed by atoms with Gasteiger partial charge in [0.05, 0.1) is 7.11 Å². The topological polar surface area (TPSA) is 38.7 Å². The van der Waals surface area contributed by atoms with Crippen molar-refractivity contribution >= 4 is 11.7 Å². The summed E-state index contributed by atoms with van der Waals surface area (Å²) >= 11 is 0. The third-order valence-electron chi connectivity index (χ3n) is 4.01. The molecule has 0 N–H and O–H groups in total. The Morgan fingerprint density at radius 3 is 2.09 bits per heavy atom. The molecule has 124 valence electrons. The summed E-state index contributed by atoms with van der Waals surface area (Å²) in [6, 6.07) is -0.394. The summed E-state index contributed by atoms with van der Waals surface area (Å²) in [5, 5.41) is 0. The van der Waals surface area contributed by atoms with Crippen molar-refractivity contribution in [3.05, 3.63) is 0 Å². The Balaban J connectivity index is 1.81. The number of nitrogens with zero attached hydrogens (tertiary/aromatic N) is 1. The quantitative estimate of drug-likeness (QED) is 0.298. The smallest absolute Gasteiger partial charge is 0.337 e. The Kier molecular flexibility index (Phi) is 10.5. The maximum absolute atomic E-state index is 11.1. The number of carbonyl (C=O) groups is 1. The fourth-order valence-corrected chi connectivity index (χ4v) is 2.51. The first kappa shape index (κ1) is 18.7. The molecule has 1 rings (SSSR count). The highest BCUT2D eigenvalue weighted by Crippen LogP contribution is 2.13. The average molecular weight is 305 g/mol. The van der Waals surface area contributed by atoms with Gasteiger partial charge in [0.25, 0.3) is 0 Å². The van der Waals surface area contributed by atoms with E-state index in [4.69, 9.17) is 0 Å². The molecule has 0 spiro atoms. The summed E-state index contributed by atoms with van der Waals surface area (Å²) in [4.78, 5) is 15.1. The van der Waals surface area contributed by atoms with E-state index in [1.165, 1.54) is 71.3 Å².